The summed E-state index contributed by atoms with van der Waals surface area (Å²) in [5.41, 5.74) is 0.899. The fourth-order valence-electron chi connectivity index (χ4n) is 0.975. The molecule has 0 bridgehead atoms. The van der Waals surface area contributed by atoms with Crippen LogP contribution in [0.1, 0.15) is 5.56 Å². The Morgan fingerprint density at radius 1 is 1.43 bits per heavy atom. The second kappa shape index (κ2) is 5.15. The standard InChI is InChI=1S/C9H8I2O3/c1-14-9(13)4-6-7(10)2-5(12)3-8(6)11/h2-3,12H,4H2,1H3. The Morgan fingerprint density at radius 3 is 2.36 bits per heavy atom. The van der Waals surface area contributed by atoms with E-state index in [1.807, 2.05) is 0 Å². The molecule has 3 nitrogen and oxygen atoms in total. The van der Waals surface area contributed by atoms with Gasteiger partial charge < -0.3 is 9.84 Å². The quantitative estimate of drug-likeness (QED) is 0.593. The van der Waals surface area contributed by atoms with E-state index in [4.69, 9.17) is 0 Å². The van der Waals surface area contributed by atoms with Gasteiger partial charge in [-0.1, -0.05) is 0 Å². The molecule has 0 spiro atoms. The minimum absolute atomic E-state index is 0.215. The van der Waals surface area contributed by atoms with Crippen molar-refractivity contribution in [1.82, 2.24) is 0 Å². The van der Waals surface area contributed by atoms with Gasteiger partial charge in [0.1, 0.15) is 5.75 Å². The number of carbonyl (C=O) groups excluding carboxylic acids is 1. The summed E-state index contributed by atoms with van der Waals surface area (Å²) in [6, 6.07) is 3.25. The predicted molar refractivity (Wildman–Crippen MR) is 69.3 cm³/mol. The van der Waals surface area contributed by atoms with Crippen LogP contribution in [-0.2, 0) is 16.0 Å². The molecule has 5 heteroatoms. The molecule has 0 radical (unpaired) electrons. The van der Waals surface area contributed by atoms with Gasteiger partial charge in [-0.15, -0.1) is 0 Å². The van der Waals surface area contributed by atoms with Crippen molar-refractivity contribution in [1.29, 1.82) is 0 Å². The molecule has 1 aromatic rings. The number of rotatable bonds is 2. The molecular weight excluding hydrogens is 410 g/mol. The van der Waals surface area contributed by atoms with Crippen LogP contribution < -0.4 is 0 Å². The maximum absolute atomic E-state index is 11.1. The molecule has 1 rings (SSSR count). The molecule has 0 saturated heterocycles. The minimum atomic E-state index is -0.272. The second-order valence-electron chi connectivity index (χ2n) is 2.64. The third-order valence-corrected chi connectivity index (χ3v) is 3.60. The molecule has 0 saturated carbocycles. The van der Waals surface area contributed by atoms with Crippen molar-refractivity contribution in [2.45, 2.75) is 6.42 Å². The Morgan fingerprint density at radius 2 is 1.93 bits per heavy atom. The molecule has 1 aromatic carbocycles. The van der Waals surface area contributed by atoms with Crippen molar-refractivity contribution in [2.24, 2.45) is 0 Å². The van der Waals surface area contributed by atoms with Gasteiger partial charge in [0.25, 0.3) is 0 Å². The first-order chi connectivity index (χ1) is 6.54. The van der Waals surface area contributed by atoms with E-state index in [2.05, 4.69) is 49.9 Å². The lowest BCUT2D eigenvalue weighted by molar-refractivity contribution is -0.139. The smallest absolute Gasteiger partial charge is 0.310 e. The summed E-state index contributed by atoms with van der Waals surface area (Å²) in [7, 11) is 1.36. The van der Waals surface area contributed by atoms with E-state index in [1.54, 1.807) is 12.1 Å². The Kier molecular flexibility index (Phi) is 4.42. The summed E-state index contributed by atoms with van der Waals surface area (Å²) in [4.78, 5) is 11.1. The van der Waals surface area contributed by atoms with Gasteiger partial charge in [0.15, 0.2) is 0 Å². The number of methoxy groups -OCH3 is 1. The predicted octanol–water partition coefficient (Wildman–Crippen LogP) is 2.32. The van der Waals surface area contributed by atoms with E-state index < -0.39 is 0 Å². The minimum Gasteiger partial charge on any atom is -0.508 e. The van der Waals surface area contributed by atoms with E-state index in [9.17, 15) is 9.90 Å². The van der Waals surface area contributed by atoms with Crippen LogP contribution >= 0.6 is 45.2 Å². The first-order valence-corrected chi connectivity index (χ1v) is 5.94. The van der Waals surface area contributed by atoms with Crippen LogP contribution in [0.2, 0.25) is 0 Å². The van der Waals surface area contributed by atoms with Gasteiger partial charge in [-0.2, -0.15) is 0 Å². The highest BCUT2D eigenvalue weighted by Crippen LogP contribution is 2.25. The molecule has 1 N–H and O–H groups in total. The van der Waals surface area contributed by atoms with Gasteiger partial charge >= 0.3 is 5.97 Å². The number of ether oxygens (including phenoxy) is 1. The molecule has 14 heavy (non-hydrogen) atoms. The number of phenolic OH excluding ortho intramolecular Hbond substituents is 1. The third-order valence-electron chi connectivity index (χ3n) is 1.67. The zero-order chi connectivity index (χ0) is 10.7. The highest BCUT2D eigenvalue weighted by Gasteiger charge is 2.11. The van der Waals surface area contributed by atoms with Gasteiger partial charge in [-0.05, 0) is 62.9 Å². The largest absolute Gasteiger partial charge is 0.508 e. The number of hydrogen-bond donors (Lipinski definition) is 1. The van der Waals surface area contributed by atoms with Gasteiger partial charge in [0.05, 0.1) is 13.5 Å². The summed E-state index contributed by atoms with van der Waals surface area (Å²) in [6.45, 7) is 0. The Bertz CT molecular complexity index is 340. The second-order valence-corrected chi connectivity index (χ2v) is 4.97. The average molecular weight is 418 g/mol. The lowest BCUT2D eigenvalue weighted by Gasteiger charge is -2.06. The molecule has 0 aliphatic carbocycles. The monoisotopic (exact) mass is 418 g/mol. The Hall–Kier alpha value is -0.0500. The highest BCUT2D eigenvalue weighted by atomic mass is 127. The number of esters is 1. The van der Waals surface area contributed by atoms with E-state index >= 15 is 0 Å². The maximum atomic E-state index is 11.1. The topological polar surface area (TPSA) is 46.5 Å². The molecule has 76 valence electrons. The van der Waals surface area contributed by atoms with E-state index in [0.29, 0.717) is 0 Å². The molecule has 0 unspecified atom stereocenters. The first kappa shape index (κ1) is 12.0. The number of benzene rings is 1. The van der Waals surface area contributed by atoms with Crippen LogP contribution in [0.5, 0.6) is 5.75 Å². The highest BCUT2D eigenvalue weighted by molar-refractivity contribution is 14.1. The van der Waals surface area contributed by atoms with Crippen LogP contribution in [0.25, 0.3) is 0 Å². The average Bonchev–Trinajstić information content (AvgIpc) is 2.10. The molecule has 0 amide bonds. The number of phenols is 1. The number of carbonyl (C=O) groups is 1. The Labute approximate surface area is 109 Å². The molecule has 0 aromatic heterocycles. The number of halogens is 2. The van der Waals surface area contributed by atoms with Gasteiger partial charge in [-0.25, -0.2) is 0 Å². The lowest BCUT2D eigenvalue weighted by atomic mass is 10.1. The third kappa shape index (κ3) is 2.97. The van der Waals surface area contributed by atoms with E-state index in [1.165, 1.54) is 7.11 Å². The fraction of sp³-hybridized carbons (Fsp3) is 0.222. The molecular formula is C9H8I2O3. The van der Waals surface area contributed by atoms with Crippen molar-refractivity contribution >= 4 is 51.2 Å². The van der Waals surface area contributed by atoms with Crippen LogP contribution in [-0.4, -0.2) is 18.2 Å². The van der Waals surface area contributed by atoms with Crippen molar-refractivity contribution in [3.8, 4) is 5.75 Å². The Balaban J connectivity index is 3.02. The summed E-state index contributed by atoms with van der Waals surface area (Å²) in [5.74, 6) is -0.0565. The summed E-state index contributed by atoms with van der Waals surface area (Å²) in [6.07, 6.45) is 0.243. The van der Waals surface area contributed by atoms with E-state index in [-0.39, 0.29) is 18.1 Å². The van der Waals surface area contributed by atoms with Gasteiger partial charge in [0, 0.05) is 7.14 Å². The molecule has 0 atom stereocenters. The lowest BCUT2D eigenvalue weighted by Crippen LogP contribution is -2.07. The van der Waals surface area contributed by atoms with Crippen LogP contribution in [0.4, 0.5) is 0 Å². The van der Waals surface area contributed by atoms with Crippen LogP contribution in [0.15, 0.2) is 12.1 Å². The van der Waals surface area contributed by atoms with Gasteiger partial charge in [0.2, 0.25) is 0 Å². The molecule has 0 fully saturated rings. The van der Waals surface area contributed by atoms with Crippen LogP contribution in [0, 0.1) is 7.14 Å². The van der Waals surface area contributed by atoms with E-state index in [0.717, 1.165) is 12.7 Å². The molecule has 0 aliphatic heterocycles. The molecule has 0 aliphatic rings. The summed E-state index contributed by atoms with van der Waals surface area (Å²) in [5, 5.41) is 9.28. The zero-order valence-corrected chi connectivity index (χ0v) is 11.7. The first-order valence-electron chi connectivity index (χ1n) is 3.78. The van der Waals surface area contributed by atoms with Crippen molar-refractivity contribution in [3.05, 3.63) is 24.8 Å². The van der Waals surface area contributed by atoms with Crippen LogP contribution in [0.3, 0.4) is 0 Å². The van der Waals surface area contributed by atoms with Crippen molar-refractivity contribution in [2.75, 3.05) is 7.11 Å². The number of hydrogen-bond acceptors (Lipinski definition) is 3. The zero-order valence-electron chi connectivity index (χ0n) is 7.38. The SMILES string of the molecule is COC(=O)Cc1c(I)cc(O)cc1I. The van der Waals surface area contributed by atoms with Crippen molar-refractivity contribution < 1.29 is 14.6 Å². The summed E-state index contributed by atoms with van der Waals surface area (Å²) >= 11 is 4.18. The molecule has 0 heterocycles. The normalized spacial score (nSPS) is 9.93. The fourth-order valence-corrected chi connectivity index (χ4v) is 3.09. The maximum Gasteiger partial charge on any atom is 0.310 e. The number of aromatic hydroxyl groups is 1. The van der Waals surface area contributed by atoms with Gasteiger partial charge in [-0.3, -0.25) is 4.79 Å². The van der Waals surface area contributed by atoms with Crippen molar-refractivity contribution in [3.63, 3.8) is 0 Å². The summed E-state index contributed by atoms with van der Waals surface area (Å²) < 4.78 is 6.33.